The van der Waals surface area contributed by atoms with E-state index < -0.39 is 11.7 Å². The van der Waals surface area contributed by atoms with Crippen molar-refractivity contribution in [2.75, 3.05) is 5.32 Å². The van der Waals surface area contributed by atoms with E-state index >= 15 is 0 Å². The van der Waals surface area contributed by atoms with Crippen molar-refractivity contribution >= 4 is 11.6 Å². The number of aryl methyl sites for hydroxylation is 1. The third-order valence-corrected chi connectivity index (χ3v) is 4.42. The van der Waals surface area contributed by atoms with Gasteiger partial charge in [0.25, 0.3) is 5.91 Å². The Labute approximate surface area is 167 Å². The van der Waals surface area contributed by atoms with E-state index in [1.54, 1.807) is 36.7 Å². The zero-order valence-corrected chi connectivity index (χ0v) is 15.6. The van der Waals surface area contributed by atoms with Gasteiger partial charge in [-0.2, -0.15) is 0 Å². The zero-order chi connectivity index (χ0) is 20.2. The van der Waals surface area contributed by atoms with Gasteiger partial charge in [-0.3, -0.25) is 9.78 Å². The number of aromatic nitrogens is 3. The smallest absolute Gasteiger partial charge is 0.259 e. The highest BCUT2D eigenvalue weighted by atomic mass is 19.1. The first-order chi connectivity index (χ1) is 14.1. The van der Waals surface area contributed by atoms with Crippen molar-refractivity contribution in [2.24, 2.45) is 0 Å². The van der Waals surface area contributed by atoms with Crippen LogP contribution >= 0.6 is 0 Å². The first-order valence-corrected chi connectivity index (χ1v) is 9.02. The highest BCUT2D eigenvalue weighted by molar-refractivity contribution is 6.08. The highest BCUT2D eigenvalue weighted by Crippen LogP contribution is 2.25. The van der Waals surface area contributed by atoms with E-state index in [1.165, 1.54) is 18.3 Å². The summed E-state index contributed by atoms with van der Waals surface area (Å²) in [6, 6.07) is 17.3. The zero-order valence-electron chi connectivity index (χ0n) is 15.6. The van der Waals surface area contributed by atoms with Crippen molar-refractivity contribution in [1.82, 2.24) is 15.0 Å². The van der Waals surface area contributed by atoms with Crippen molar-refractivity contribution in [3.63, 3.8) is 0 Å². The fraction of sp³-hybridized carbons (Fsp3) is 0.0435. The number of carbonyl (C=O) groups excluding carboxylic acids is 1. The van der Waals surface area contributed by atoms with Gasteiger partial charge in [-0.15, -0.1) is 0 Å². The molecular formula is C23H17FN4O. The third kappa shape index (κ3) is 4.01. The Balaban J connectivity index is 1.78. The molecule has 0 saturated heterocycles. The molecule has 4 aromatic rings. The molecule has 0 bridgehead atoms. The number of anilines is 1. The minimum atomic E-state index is -0.511. The monoisotopic (exact) mass is 384 g/mol. The maximum Gasteiger partial charge on any atom is 0.259 e. The maximum atomic E-state index is 14.0. The van der Waals surface area contributed by atoms with Crippen molar-refractivity contribution in [3.8, 4) is 22.6 Å². The number of nitrogens with zero attached hydrogens (tertiary/aromatic N) is 3. The van der Waals surface area contributed by atoms with Crippen LogP contribution in [0, 0.1) is 12.7 Å². The van der Waals surface area contributed by atoms with Gasteiger partial charge >= 0.3 is 0 Å². The average Bonchev–Trinajstić information content (AvgIpc) is 2.76. The van der Waals surface area contributed by atoms with Gasteiger partial charge in [-0.05, 0) is 31.2 Å². The summed E-state index contributed by atoms with van der Waals surface area (Å²) in [5.74, 6) is -0.500. The molecule has 142 valence electrons. The molecule has 29 heavy (non-hydrogen) atoms. The molecule has 0 saturated carbocycles. The van der Waals surface area contributed by atoms with Crippen LogP contribution in [0.2, 0.25) is 0 Å². The number of hydrogen-bond donors (Lipinski definition) is 1. The molecule has 1 amide bonds. The quantitative estimate of drug-likeness (QED) is 0.543. The predicted molar refractivity (Wildman–Crippen MR) is 110 cm³/mol. The molecule has 4 rings (SSSR count). The summed E-state index contributed by atoms with van der Waals surface area (Å²) in [5.41, 5.74) is 3.48. The first-order valence-electron chi connectivity index (χ1n) is 9.02. The van der Waals surface area contributed by atoms with E-state index in [2.05, 4.69) is 20.3 Å². The van der Waals surface area contributed by atoms with E-state index in [0.29, 0.717) is 11.5 Å². The van der Waals surface area contributed by atoms with E-state index in [-0.39, 0.29) is 11.3 Å². The second kappa shape index (κ2) is 7.98. The Bertz CT molecular complexity index is 1160. The minimum Gasteiger partial charge on any atom is -0.319 e. The SMILES string of the molecule is Cc1ccc(-c2ncc(C(=O)Nc3ccccc3F)c(-c3ccncc3)n2)cc1. The van der Waals surface area contributed by atoms with Gasteiger partial charge in [0, 0.05) is 29.7 Å². The molecule has 0 aliphatic rings. The van der Waals surface area contributed by atoms with E-state index in [4.69, 9.17) is 0 Å². The number of para-hydroxylation sites is 1. The molecule has 1 N–H and O–H groups in total. The minimum absolute atomic E-state index is 0.0980. The summed E-state index contributed by atoms with van der Waals surface area (Å²) in [6.45, 7) is 2.00. The second-order valence-corrected chi connectivity index (χ2v) is 6.49. The molecule has 6 heteroatoms. The average molecular weight is 384 g/mol. The van der Waals surface area contributed by atoms with Gasteiger partial charge < -0.3 is 5.32 Å². The molecule has 0 atom stereocenters. The normalized spacial score (nSPS) is 10.6. The maximum absolute atomic E-state index is 14.0. The molecule has 0 spiro atoms. The largest absolute Gasteiger partial charge is 0.319 e. The molecule has 5 nitrogen and oxygen atoms in total. The van der Waals surface area contributed by atoms with Gasteiger partial charge in [0.1, 0.15) is 5.82 Å². The van der Waals surface area contributed by atoms with Crippen LogP contribution in [0.25, 0.3) is 22.6 Å². The van der Waals surface area contributed by atoms with Crippen molar-refractivity contribution in [2.45, 2.75) is 6.92 Å². The third-order valence-electron chi connectivity index (χ3n) is 4.42. The van der Waals surface area contributed by atoms with Gasteiger partial charge in [0.2, 0.25) is 0 Å². The standard InChI is InChI=1S/C23H17FN4O/c1-15-6-8-17(9-7-15)22-26-14-18(21(28-22)16-10-12-25-13-11-16)23(29)27-20-5-3-2-4-19(20)24/h2-14H,1H3,(H,27,29). The number of hydrogen-bond acceptors (Lipinski definition) is 4. The molecule has 2 aromatic carbocycles. The topological polar surface area (TPSA) is 67.8 Å². The lowest BCUT2D eigenvalue weighted by Crippen LogP contribution is -2.15. The summed E-state index contributed by atoms with van der Waals surface area (Å²) < 4.78 is 14.0. The number of halogens is 1. The van der Waals surface area contributed by atoms with Crippen LogP contribution < -0.4 is 5.32 Å². The predicted octanol–water partition coefficient (Wildman–Crippen LogP) is 4.91. The number of rotatable bonds is 4. The summed E-state index contributed by atoms with van der Waals surface area (Å²) in [4.78, 5) is 25.9. The summed E-state index contributed by atoms with van der Waals surface area (Å²) in [5, 5.41) is 2.59. The van der Waals surface area contributed by atoms with E-state index in [9.17, 15) is 9.18 Å². The molecular weight excluding hydrogens is 367 g/mol. The first kappa shape index (κ1) is 18.4. The number of nitrogens with one attached hydrogen (secondary N) is 1. The number of benzene rings is 2. The van der Waals surface area contributed by atoms with Gasteiger partial charge in [0.05, 0.1) is 16.9 Å². The van der Waals surface area contributed by atoms with Crippen molar-refractivity contribution < 1.29 is 9.18 Å². The molecule has 0 radical (unpaired) electrons. The number of amides is 1. The molecule has 2 heterocycles. The fourth-order valence-electron chi connectivity index (χ4n) is 2.87. The van der Waals surface area contributed by atoms with E-state index in [0.717, 1.165) is 16.7 Å². The Morgan fingerprint density at radius 2 is 1.66 bits per heavy atom. The van der Waals surface area contributed by atoms with Crippen LogP contribution in [0.5, 0.6) is 0 Å². The Morgan fingerprint density at radius 1 is 0.931 bits per heavy atom. The van der Waals surface area contributed by atoms with Crippen LogP contribution in [0.15, 0.2) is 79.3 Å². The molecule has 0 aliphatic heterocycles. The second-order valence-electron chi connectivity index (χ2n) is 6.49. The van der Waals surface area contributed by atoms with Crippen LogP contribution in [0.1, 0.15) is 15.9 Å². The lowest BCUT2D eigenvalue weighted by Gasteiger charge is -2.12. The van der Waals surface area contributed by atoms with Gasteiger partial charge in [-0.1, -0.05) is 42.0 Å². The summed E-state index contributed by atoms with van der Waals surface area (Å²) >= 11 is 0. The van der Waals surface area contributed by atoms with Crippen LogP contribution in [0.3, 0.4) is 0 Å². The number of pyridine rings is 1. The van der Waals surface area contributed by atoms with Crippen LogP contribution in [0.4, 0.5) is 10.1 Å². The highest BCUT2D eigenvalue weighted by Gasteiger charge is 2.18. The molecule has 0 unspecified atom stereocenters. The van der Waals surface area contributed by atoms with E-state index in [1.807, 2.05) is 31.2 Å². The number of carbonyl (C=O) groups is 1. The molecule has 0 aliphatic carbocycles. The van der Waals surface area contributed by atoms with Gasteiger partial charge in [-0.25, -0.2) is 14.4 Å². The van der Waals surface area contributed by atoms with Crippen LogP contribution in [-0.4, -0.2) is 20.9 Å². The molecule has 0 fully saturated rings. The van der Waals surface area contributed by atoms with Gasteiger partial charge in [0.15, 0.2) is 5.82 Å². The lowest BCUT2D eigenvalue weighted by atomic mass is 10.1. The Kier molecular flexibility index (Phi) is 5.07. The fourth-order valence-corrected chi connectivity index (χ4v) is 2.87. The summed E-state index contributed by atoms with van der Waals surface area (Å²) in [6.07, 6.45) is 4.72. The Morgan fingerprint density at radius 3 is 2.38 bits per heavy atom. The van der Waals surface area contributed by atoms with Crippen LogP contribution in [-0.2, 0) is 0 Å². The molecule has 2 aromatic heterocycles. The lowest BCUT2D eigenvalue weighted by molar-refractivity contribution is 0.102. The summed E-state index contributed by atoms with van der Waals surface area (Å²) in [7, 11) is 0. The van der Waals surface area contributed by atoms with Crippen molar-refractivity contribution in [3.05, 3.63) is 96.2 Å². The Hall–Kier alpha value is -3.93. The van der Waals surface area contributed by atoms with Crippen molar-refractivity contribution in [1.29, 1.82) is 0 Å².